The van der Waals surface area contributed by atoms with Gasteiger partial charge in [0.2, 0.25) is 5.95 Å². The Morgan fingerprint density at radius 3 is 2.50 bits per heavy atom. The summed E-state index contributed by atoms with van der Waals surface area (Å²) in [5, 5.41) is 7.46. The Kier molecular flexibility index (Phi) is 6.65. The minimum Gasteiger partial charge on any atom is -0.443 e. The third-order valence-electron chi connectivity index (χ3n) is 6.16. The Labute approximate surface area is 218 Å². The lowest BCUT2D eigenvalue weighted by Gasteiger charge is -2.29. The fourth-order valence-corrected chi connectivity index (χ4v) is 4.63. The summed E-state index contributed by atoms with van der Waals surface area (Å²) in [4.78, 5) is 41.1. The van der Waals surface area contributed by atoms with Crippen molar-refractivity contribution >= 4 is 56.0 Å². The number of nitrogens with one attached hydrogen (secondary N) is 2. The average Bonchev–Trinajstić information content (AvgIpc) is 3.55. The van der Waals surface area contributed by atoms with E-state index in [1.807, 2.05) is 39.0 Å². The summed E-state index contributed by atoms with van der Waals surface area (Å²) >= 11 is 3.53. The molecule has 2 aromatic heterocycles. The van der Waals surface area contributed by atoms with Crippen molar-refractivity contribution in [1.29, 1.82) is 0 Å². The van der Waals surface area contributed by atoms with Crippen LogP contribution in [0.25, 0.3) is 10.9 Å². The predicted octanol–water partition coefficient (Wildman–Crippen LogP) is 5.23. The van der Waals surface area contributed by atoms with Crippen LogP contribution in [0, 0.1) is 5.92 Å². The van der Waals surface area contributed by atoms with E-state index in [2.05, 4.69) is 41.5 Å². The van der Waals surface area contributed by atoms with Gasteiger partial charge in [-0.05, 0) is 64.8 Å². The highest BCUT2D eigenvalue weighted by Crippen LogP contribution is 2.38. The number of aromatic nitrogens is 3. The van der Waals surface area contributed by atoms with Gasteiger partial charge in [-0.3, -0.25) is 9.78 Å². The lowest BCUT2D eigenvalue weighted by molar-refractivity contribution is 0.0565. The number of carbonyl (C=O) groups excluding carboxylic acids is 2. The monoisotopic (exact) mass is 552 g/mol. The Morgan fingerprint density at radius 1 is 1.11 bits per heavy atom. The third-order valence-corrected chi connectivity index (χ3v) is 6.65. The van der Waals surface area contributed by atoms with Gasteiger partial charge in [0.1, 0.15) is 5.60 Å². The van der Waals surface area contributed by atoms with Crippen LogP contribution in [0.2, 0.25) is 0 Å². The Balaban J connectivity index is 1.47. The summed E-state index contributed by atoms with van der Waals surface area (Å²) in [7, 11) is 0. The van der Waals surface area contributed by atoms with Crippen molar-refractivity contribution in [3.63, 3.8) is 0 Å². The van der Waals surface area contributed by atoms with Crippen molar-refractivity contribution in [2.24, 2.45) is 5.92 Å². The molecule has 9 nitrogen and oxygen atoms in total. The van der Waals surface area contributed by atoms with Crippen molar-refractivity contribution in [2.45, 2.75) is 51.7 Å². The molecule has 3 aromatic rings. The molecule has 1 amide bonds. The molecule has 1 aliphatic carbocycles. The molecule has 2 N–H and O–H groups in total. The highest BCUT2D eigenvalue weighted by Gasteiger charge is 2.34. The number of halogens is 1. The first kappa shape index (κ1) is 24.6. The van der Waals surface area contributed by atoms with E-state index in [4.69, 9.17) is 4.74 Å². The summed E-state index contributed by atoms with van der Waals surface area (Å²) in [6, 6.07) is 5.68. The number of rotatable bonds is 6. The number of fused-ring (bicyclic) bond motifs is 1. The maximum absolute atomic E-state index is 13.0. The van der Waals surface area contributed by atoms with Crippen LogP contribution in [0.15, 0.2) is 41.3 Å². The van der Waals surface area contributed by atoms with Crippen LogP contribution in [-0.4, -0.2) is 51.6 Å². The zero-order valence-electron chi connectivity index (χ0n) is 20.5. The normalized spacial score (nSPS) is 17.7. The minimum atomic E-state index is -0.635. The number of benzene rings is 1. The molecule has 3 heterocycles. The van der Waals surface area contributed by atoms with E-state index in [1.165, 1.54) is 4.90 Å². The van der Waals surface area contributed by atoms with Crippen LogP contribution in [0.4, 0.5) is 22.1 Å². The molecule has 5 rings (SSSR count). The summed E-state index contributed by atoms with van der Waals surface area (Å²) in [5.41, 5.74) is 1.97. The fourth-order valence-electron chi connectivity index (χ4n) is 4.27. The van der Waals surface area contributed by atoms with Gasteiger partial charge in [0.15, 0.2) is 5.78 Å². The predicted molar refractivity (Wildman–Crippen MR) is 142 cm³/mol. The van der Waals surface area contributed by atoms with Crippen LogP contribution >= 0.6 is 15.9 Å². The average molecular weight is 553 g/mol. The van der Waals surface area contributed by atoms with E-state index in [0.29, 0.717) is 23.5 Å². The van der Waals surface area contributed by atoms with Crippen LogP contribution < -0.4 is 15.5 Å². The molecule has 36 heavy (non-hydrogen) atoms. The molecule has 2 aliphatic rings. The van der Waals surface area contributed by atoms with Gasteiger partial charge >= 0.3 is 6.09 Å². The molecule has 0 spiro atoms. The zero-order valence-corrected chi connectivity index (χ0v) is 22.1. The van der Waals surface area contributed by atoms with Gasteiger partial charge in [0, 0.05) is 28.5 Å². The second-order valence-electron chi connectivity index (χ2n) is 10.2. The van der Waals surface area contributed by atoms with Gasteiger partial charge in [-0.2, -0.15) is 0 Å². The minimum absolute atomic E-state index is 0.0537. The lowest BCUT2D eigenvalue weighted by atomic mass is 10.0. The highest BCUT2D eigenvalue weighted by molar-refractivity contribution is 9.10. The summed E-state index contributed by atoms with van der Waals surface area (Å²) < 4.78 is 6.53. The Morgan fingerprint density at radius 2 is 1.86 bits per heavy atom. The number of pyridine rings is 1. The maximum Gasteiger partial charge on any atom is 0.417 e. The highest BCUT2D eigenvalue weighted by atomic mass is 79.9. The van der Waals surface area contributed by atoms with Gasteiger partial charge < -0.3 is 15.4 Å². The van der Waals surface area contributed by atoms with E-state index in [-0.39, 0.29) is 23.7 Å². The first-order valence-electron chi connectivity index (χ1n) is 12.1. The fraction of sp³-hybridized carbons (Fsp3) is 0.423. The topological polar surface area (TPSA) is 109 Å². The number of ether oxygens (including phenoxy) is 1. The number of nitrogens with zero attached hydrogens (tertiary/aromatic N) is 4. The number of carbonyl (C=O) groups is 2. The number of Topliss-reactive ketones (excluding diaryl/α,β-unsaturated/α-hetero) is 1. The number of ketones is 1. The first-order valence-corrected chi connectivity index (χ1v) is 12.9. The van der Waals surface area contributed by atoms with E-state index < -0.39 is 11.7 Å². The summed E-state index contributed by atoms with van der Waals surface area (Å²) in [6.45, 7) is 6.96. The molecule has 2 fully saturated rings. The van der Waals surface area contributed by atoms with Crippen molar-refractivity contribution in [3.8, 4) is 0 Å². The van der Waals surface area contributed by atoms with Crippen molar-refractivity contribution in [2.75, 3.05) is 23.3 Å². The van der Waals surface area contributed by atoms with Crippen molar-refractivity contribution in [1.82, 2.24) is 20.3 Å². The van der Waals surface area contributed by atoms with E-state index in [9.17, 15) is 9.59 Å². The number of hydrogen-bond donors (Lipinski definition) is 2. The quantitative estimate of drug-likeness (QED) is 0.400. The largest absolute Gasteiger partial charge is 0.443 e. The van der Waals surface area contributed by atoms with Crippen LogP contribution in [-0.2, 0) is 4.74 Å². The Bertz CT molecular complexity index is 1300. The van der Waals surface area contributed by atoms with Crippen molar-refractivity contribution in [3.05, 3.63) is 46.8 Å². The summed E-state index contributed by atoms with van der Waals surface area (Å²) in [6.07, 6.45) is 7.01. The van der Waals surface area contributed by atoms with Gasteiger partial charge in [-0.1, -0.05) is 15.9 Å². The molecule has 0 radical (unpaired) electrons. The lowest BCUT2D eigenvalue weighted by Crippen LogP contribution is -2.45. The van der Waals surface area contributed by atoms with Gasteiger partial charge in [-0.25, -0.2) is 19.7 Å². The maximum atomic E-state index is 13.0. The molecule has 1 aliphatic heterocycles. The zero-order chi connectivity index (χ0) is 25.4. The molecule has 1 saturated carbocycles. The number of anilines is 3. The SMILES string of the molecule is CC(C)(C)OC(=O)N(c1ncc(Nc2c(C(=O)C3CC3)cnc3ccc(Br)cc23)cn1)C1CCNC1. The molecule has 10 heteroatoms. The summed E-state index contributed by atoms with van der Waals surface area (Å²) in [5.74, 6) is 0.423. The second-order valence-corrected chi connectivity index (χ2v) is 11.2. The molecule has 1 saturated heterocycles. The number of hydrogen-bond acceptors (Lipinski definition) is 8. The molecule has 1 unspecified atom stereocenters. The van der Waals surface area contributed by atoms with E-state index >= 15 is 0 Å². The molecule has 188 valence electrons. The van der Waals surface area contributed by atoms with Crippen LogP contribution in [0.3, 0.4) is 0 Å². The van der Waals surface area contributed by atoms with E-state index in [0.717, 1.165) is 41.2 Å². The first-order chi connectivity index (χ1) is 17.2. The molecule has 1 atom stereocenters. The van der Waals surface area contributed by atoms with E-state index in [1.54, 1.807) is 18.6 Å². The van der Waals surface area contributed by atoms with Gasteiger partial charge in [0.25, 0.3) is 0 Å². The standard InChI is InChI=1S/C26H29BrN6O3/c1-26(2,3)36-25(35)33(18-8-9-28-13-18)24-30-11-17(12-31-24)32-22-19-10-16(27)6-7-21(19)29-14-20(22)23(34)15-4-5-15/h6-7,10-12,14-15,18,28H,4-5,8-9,13H2,1-3H3,(H,29,32). The molecular weight excluding hydrogens is 524 g/mol. The Hall–Kier alpha value is -3.11. The molecule has 1 aromatic carbocycles. The van der Waals surface area contributed by atoms with Crippen LogP contribution in [0.5, 0.6) is 0 Å². The molecule has 0 bridgehead atoms. The van der Waals surface area contributed by atoms with Gasteiger partial charge in [-0.15, -0.1) is 0 Å². The number of amides is 1. The molecular formula is C26H29BrN6O3. The van der Waals surface area contributed by atoms with Gasteiger partial charge in [0.05, 0.1) is 40.9 Å². The van der Waals surface area contributed by atoms with Crippen LogP contribution in [0.1, 0.15) is 50.4 Å². The van der Waals surface area contributed by atoms with Crippen molar-refractivity contribution < 1.29 is 14.3 Å². The smallest absolute Gasteiger partial charge is 0.417 e. The third kappa shape index (κ3) is 5.34. The second kappa shape index (κ2) is 9.74.